The summed E-state index contributed by atoms with van der Waals surface area (Å²) in [7, 11) is 5.94. The molecule has 2 heterocycles. The molecule has 2 aromatic rings. The van der Waals surface area contributed by atoms with Gasteiger partial charge in [0.2, 0.25) is 0 Å². The Bertz CT molecular complexity index is 789. The summed E-state index contributed by atoms with van der Waals surface area (Å²) in [5, 5.41) is 3.51. The van der Waals surface area contributed by atoms with E-state index in [0.29, 0.717) is 0 Å². The number of rotatable bonds is 5. The molecule has 1 saturated heterocycles. The number of hydrogen-bond donors (Lipinski definition) is 1. The van der Waals surface area contributed by atoms with Crippen LogP contribution in [0.3, 0.4) is 0 Å². The van der Waals surface area contributed by atoms with Gasteiger partial charge in [0.1, 0.15) is 0 Å². The van der Waals surface area contributed by atoms with E-state index < -0.39 is 0 Å². The summed E-state index contributed by atoms with van der Waals surface area (Å²) in [4.78, 5) is 8.99. The number of morpholine rings is 1. The second-order valence-corrected chi connectivity index (χ2v) is 7.66. The van der Waals surface area contributed by atoms with Gasteiger partial charge in [0, 0.05) is 62.8 Å². The number of ether oxygens (including phenoxy) is 1. The minimum absolute atomic E-state index is 0. The Labute approximate surface area is 193 Å². The van der Waals surface area contributed by atoms with Crippen LogP contribution in [0.25, 0.3) is 0 Å². The Balaban J connectivity index is 0.00000280. The Morgan fingerprint density at radius 2 is 2.00 bits per heavy atom. The fourth-order valence-corrected chi connectivity index (χ4v) is 3.94. The van der Waals surface area contributed by atoms with Gasteiger partial charge in [-0.05, 0) is 33.6 Å². The number of hydrogen-bond acceptors (Lipinski definition) is 3. The lowest BCUT2D eigenvalue weighted by molar-refractivity contribution is 0.122. The van der Waals surface area contributed by atoms with Gasteiger partial charge in [0.05, 0.1) is 19.8 Å². The summed E-state index contributed by atoms with van der Waals surface area (Å²) < 4.78 is 8.71. The van der Waals surface area contributed by atoms with Crippen molar-refractivity contribution in [3.8, 4) is 0 Å². The molecule has 1 aromatic carbocycles. The van der Waals surface area contributed by atoms with E-state index in [2.05, 4.69) is 91.2 Å². The van der Waals surface area contributed by atoms with Gasteiger partial charge in [-0.15, -0.1) is 24.0 Å². The molecule has 1 fully saturated rings. The summed E-state index contributed by atoms with van der Waals surface area (Å²) in [5.41, 5.74) is 3.77. The van der Waals surface area contributed by atoms with Crippen molar-refractivity contribution in [3.05, 3.63) is 52.3 Å². The third-order valence-corrected chi connectivity index (χ3v) is 5.26. The van der Waals surface area contributed by atoms with Crippen molar-refractivity contribution in [2.75, 3.05) is 45.3 Å². The lowest BCUT2D eigenvalue weighted by Gasteiger charge is -2.31. The van der Waals surface area contributed by atoms with E-state index >= 15 is 0 Å². The van der Waals surface area contributed by atoms with E-state index in [4.69, 9.17) is 4.74 Å². The van der Waals surface area contributed by atoms with Gasteiger partial charge in [-0.25, -0.2) is 0 Å². The topological polar surface area (TPSA) is 45.0 Å². The SMILES string of the molecule is CN=C(NCc1ccccc1N1CCOCC1)N(C)Cc1cc(Br)cn1C.I. The minimum Gasteiger partial charge on any atom is -0.378 e. The molecule has 3 rings (SSSR count). The lowest BCUT2D eigenvalue weighted by Crippen LogP contribution is -2.39. The monoisotopic (exact) mass is 561 g/mol. The van der Waals surface area contributed by atoms with Gasteiger partial charge >= 0.3 is 0 Å². The van der Waals surface area contributed by atoms with E-state index in [1.165, 1.54) is 16.9 Å². The quantitative estimate of drug-likeness (QED) is 0.345. The second kappa shape index (κ2) is 11.1. The normalized spacial score (nSPS) is 14.6. The number of aryl methyl sites for hydroxylation is 1. The van der Waals surface area contributed by atoms with Gasteiger partial charge in [-0.3, -0.25) is 4.99 Å². The largest absolute Gasteiger partial charge is 0.378 e. The molecule has 6 nitrogen and oxygen atoms in total. The maximum atomic E-state index is 5.49. The van der Waals surface area contributed by atoms with Crippen molar-refractivity contribution < 1.29 is 4.74 Å². The van der Waals surface area contributed by atoms with Crippen LogP contribution in [-0.4, -0.2) is 55.8 Å². The summed E-state index contributed by atoms with van der Waals surface area (Å²) in [6.45, 7) is 4.98. The third-order valence-electron chi connectivity index (χ3n) is 4.83. The number of aliphatic imine (C=N–C) groups is 1. The summed E-state index contributed by atoms with van der Waals surface area (Å²) in [6.07, 6.45) is 2.07. The molecule has 0 unspecified atom stereocenters. The van der Waals surface area contributed by atoms with Crippen molar-refractivity contribution >= 4 is 51.6 Å². The van der Waals surface area contributed by atoms with Crippen LogP contribution >= 0.6 is 39.9 Å². The maximum Gasteiger partial charge on any atom is 0.194 e. The summed E-state index contributed by atoms with van der Waals surface area (Å²) in [5.74, 6) is 0.879. The third kappa shape index (κ3) is 5.87. The van der Waals surface area contributed by atoms with Crippen LogP contribution < -0.4 is 10.2 Å². The number of halogens is 2. The van der Waals surface area contributed by atoms with Crippen LogP contribution in [0.1, 0.15) is 11.3 Å². The number of nitrogens with zero attached hydrogens (tertiary/aromatic N) is 4. The average Bonchev–Trinajstić information content (AvgIpc) is 3.00. The average molecular weight is 562 g/mol. The van der Waals surface area contributed by atoms with E-state index in [0.717, 1.165) is 49.8 Å². The van der Waals surface area contributed by atoms with Gasteiger partial charge in [-0.2, -0.15) is 0 Å². The lowest BCUT2D eigenvalue weighted by atomic mass is 10.1. The van der Waals surface area contributed by atoms with Crippen LogP contribution in [0, 0.1) is 0 Å². The Hall–Kier alpha value is -1.26. The van der Waals surface area contributed by atoms with E-state index in [1.54, 1.807) is 0 Å². The molecule has 0 saturated carbocycles. The summed E-state index contributed by atoms with van der Waals surface area (Å²) in [6, 6.07) is 10.7. The molecule has 8 heteroatoms. The Kier molecular flexibility index (Phi) is 9.10. The second-order valence-electron chi connectivity index (χ2n) is 6.75. The highest BCUT2D eigenvalue weighted by Crippen LogP contribution is 2.21. The molecular formula is C20H29BrIN5O. The van der Waals surface area contributed by atoms with E-state index in [1.807, 2.05) is 7.05 Å². The number of guanidine groups is 1. The van der Waals surface area contributed by atoms with E-state index in [9.17, 15) is 0 Å². The van der Waals surface area contributed by atoms with Crippen LogP contribution in [-0.2, 0) is 24.9 Å². The number of nitrogens with one attached hydrogen (secondary N) is 1. The predicted octanol–water partition coefficient (Wildman–Crippen LogP) is 3.45. The highest BCUT2D eigenvalue weighted by Gasteiger charge is 2.15. The Morgan fingerprint density at radius 3 is 2.64 bits per heavy atom. The van der Waals surface area contributed by atoms with Gasteiger partial charge < -0.3 is 24.4 Å². The van der Waals surface area contributed by atoms with Gasteiger partial charge in [-0.1, -0.05) is 18.2 Å². The molecule has 1 aliphatic heterocycles. The molecule has 1 aliphatic rings. The molecule has 0 spiro atoms. The fourth-order valence-electron chi connectivity index (χ4n) is 3.37. The van der Waals surface area contributed by atoms with Crippen molar-refractivity contribution in [2.24, 2.45) is 12.0 Å². The summed E-state index contributed by atoms with van der Waals surface area (Å²) >= 11 is 3.54. The van der Waals surface area contributed by atoms with Gasteiger partial charge in [0.15, 0.2) is 5.96 Å². The highest BCUT2D eigenvalue weighted by atomic mass is 127. The van der Waals surface area contributed by atoms with Crippen LogP contribution in [0.4, 0.5) is 5.69 Å². The van der Waals surface area contributed by atoms with Crippen molar-refractivity contribution in [1.29, 1.82) is 0 Å². The first-order valence-electron chi connectivity index (χ1n) is 9.21. The molecule has 154 valence electrons. The molecule has 0 aliphatic carbocycles. The van der Waals surface area contributed by atoms with Crippen LogP contribution in [0.5, 0.6) is 0 Å². The zero-order valence-corrected chi connectivity index (χ0v) is 20.6. The van der Waals surface area contributed by atoms with Gasteiger partial charge in [0.25, 0.3) is 0 Å². The molecule has 0 atom stereocenters. The molecule has 28 heavy (non-hydrogen) atoms. The smallest absolute Gasteiger partial charge is 0.194 e. The highest BCUT2D eigenvalue weighted by molar-refractivity contribution is 14.0. The maximum absolute atomic E-state index is 5.49. The zero-order chi connectivity index (χ0) is 19.2. The standard InChI is InChI=1S/C20H28BrN5O.HI/c1-22-20(25(3)15-18-12-17(21)14-24(18)2)23-13-16-6-4-5-7-19(16)26-8-10-27-11-9-26;/h4-7,12,14H,8-11,13,15H2,1-3H3,(H,22,23);1H. The zero-order valence-electron chi connectivity index (χ0n) is 16.7. The Morgan fingerprint density at radius 1 is 1.29 bits per heavy atom. The first-order chi connectivity index (χ1) is 13.1. The predicted molar refractivity (Wildman–Crippen MR) is 130 cm³/mol. The van der Waals surface area contributed by atoms with Crippen molar-refractivity contribution in [1.82, 2.24) is 14.8 Å². The van der Waals surface area contributed by atoms with Crippen LogP contribution in [0.15, 0.2) is 46.0 Å². The minimum atomic E-state index is 0. The molecule has 0 amide bonds. The first-order valence-corrected chi connectivity index (χ1v) is 10.0. The molecule has 0 radical (unpaired) electrons. The molecule has 1 aromatic heterocycles. The van der Waals surface area contributed by atoms with Crippen LogP contribution in [0.2, 0.25) is 0 Å². The van der Waals surface area contributed by atoms with E-state index in [-0.39, 0.29) is 24.0 Å². The molecular weight excluding hydrogens is 533 g/mol. The molecule has 0 bridgehead atoms. The number of aromatic nitrogens is 1. The van der Waals surface area contributed by atoms with Crippen molar-refractivity contribution in [2.45, 2.75) is 13.1 Å². The molecule has 1 N–H and O–H groups in total. The van der Waals surface area contributed by atoms with Crippen molar-refractivity contribution in [3.63, 3.8) is 0 Å². The fraction of sp³-hybridized carbons (Fsp3) is 0.450. The number of para-hydroxylation sites is 1. The first kappa shape index (κ1) is 23.0. The number of anilines is 1. The number of benzene rings is 1.